The summed E-state index contributed by atoms with van der Waals surface area (Å²) in [4.78, 5) is 30.8. The smallest absolute Gasteiger partial charge is 0.252 e. The zero-order valence-corrected chi connectivity index (χ0v) is 15.2. The molecule has 1 aromatic rings. The Bertz CT molecular complexity index is 630. The molecule has 1 unspecified atom stereocenters. The standard InChI is InChI=1S/C18H25N3O2S/c1-3-21-14-8-4-5-9-15(14)24-18(2,17(21)23)16(22)19-10-13-20-11-6-7-12-20/h4-5,8-9H,3,6-7,10-13H2,1-2H3,(H,19,22). The highest BCUT2D eigenvalue weighted by molar-refractivity contribution is 8.02. The zero-order valence-electron chi connectivity index (χ0n) is 14.4. The van der Waals surface area contributed by atoms with Crippen molar-refractivity contribution >= 4 is 29.3 Å². The van der Waals surface area contributed by atoms with Crippen molar-refractivity contribution in [2.24, 2.45) is 0 Å². The van der Waals surface area contributed by atoms with E-state index < -0.39 is 4.75 Å². The molecule has 0 aromatic heterocycles. The number of nitrogens with one attached hydrogen (secondary N) is 1. The van der Waals surface area contributed by atoms with Crippen LogP contribution in [0.25, 0.3) is 0 Å². The van der Waals surface area contributed by atoms with E-state index in [1.807, 2.05) is 31.2 Å². The number of hydrogen-bond acceptors (Lipinski definition) is 4. The lowest BCUT2D eigenvalue weighted by Crippen LogP contribution is -2.57. The van der Waals surface area contributed by atoms with Gasteiger partial charge in [-0.05, 0) is 51.9 Å². The predicted octanol–water partition coefficient (Wildman–Crippen LogP) is 2.12. The van der Waals surface area contributed by atoms with Crippen LogP contribution in [0, 0.1) is 0 Å². The highest BCUT2D eigenvalue weighted by atomic mass is 32.2. The summed E-state index contributed by atoms with van der Waals surface area (Å²) in [5.41, 5.74) is 0.900. The molecule has 2 aliphatic rings. The number of para-hydroxylation sites is 1. The number of rotatable bonds is 5. The second kappa shape index (κ2) is 7.15. The van der Waals surface area contributed by atoms with Crippen molar-refractivity contribution in [1.29, 1.82) is 0 Å². The second-order valence-electron chi connectivity index (χ2n) is 6.46. The van der Waals surface area contributed by atoms with Gasteiger partial charge in [0.1, 0.15) is 0 Å². The molecule has 24 heavy (non-hydrogen) atoms. The molecule has 3 rings (SSSR count). The zero-order chi connectivity index (χ0) is 17.2. The molecule has 2 amide bonds. The van der Waals surface area contributed by atoms with Crippen molar-refractivity contribution < 1.29 is 9.59 Å². The van der Waals surface area contributed by atoms with Crippen molar-refractivity contribution in [2.45, 2.75) is 36.3 Å². The van der Waals surface area contributed by atoms with Gasteiger partial charge in [-0.1, -0.05) is 23.9 Å². The first-order chi connectivity index (χ1) is 11.6. The van der Waals surface area contributed by atoms with Crippen molar-refractivity contribution in [2.75, 3.05) is 37.6 Å². The molecule has 130 valence electrons. The number of nitrogens with zero attached hydrogens (tertiary/aromatic N) is 2. The Hall–Kier alpha value is -1.53. The van der Waals surface area contributed by atoms with Gasteiger partial charge in [0.2, 0.25) is 5.91 Å². The van der Waals surface area contributed by atoms with Gasteiger partial charge in [0.25, 0.3) is 5.91 Å². The maximum atomic E-state index is 12.9. The molecular weight excluding hydrogens is 322 g/mol. The summed E-state index contributed by atoms with van der Waals surface area (Å²) in [5, 5.41) is 2.98. The van der Waals surface area contributed by atoms with Gasteiger partial charge in [-0.25, -0.2) is 0 Å². The average molecular weight is 347 g/mol. The van der Waals surface area contributed by atoms with Crippen LogP contribution in [0.3, 0.4) is 0 Å². The molecule has 0 spiro atoms. The van der Waals surface area contributed by atoms with E-state index in [1.54, 1.807) is 11.8 Å². The van der Waals surface area contributed by atoms with Gasteiger partial charge in [-0.3, -0.25) is 9.59 Å². The second-order valence-corrected chi connectivity index (χ2v) is 7.92. The molecule has 5 nitrogen and oxygen atoms in total. The number of anilines is 1. The molecule has 1 atom stereocenters. The maximum absolute atomic E-state index is 12.9. The molecule has 1 aromatic carbocycles. The van der Waals surface area contributed by atoms with Crippen molar-refractivity contribution in [3.63, 3.8) is 0 Å². The van der Waals surface area contributed by atoms with Gasteiger partial charge in [-0.2, -0.15) is 0 Å². The van der Waals surface area contributed by atoms with E-state index >= 15 is 0 Å². The summed E-state index contributed by atoms with van der Waals surface area (Å²) in [6.45, 7) is 7.91. The molecule has 0 saturated carbocycles. The average Bonchev–Trinajstić information content (AvgIpc) is 3.09. The highest BCUT2D eigenvalue weighted by Crippen LogP contribution is 2.45. The quantitative estimate of drug-likeness (QED) is 0.829. The summed E-state index contributed by atoms with van der Waals surface area (Å²) < 4.78 is -1.10. The minimum atomic E-state index is -1.10. The van der Waals surface area contributed by atoms with E-state index in [1.165, 1.54) is 24.6 Å². The Morgan fingerprint density at radius 1 is 1.29 bits per heavy atom. The van der Waals surface area contributed by atoms with Crippen LogP contribution in [0.4, 0.5) is 5.69 Å². The van der Waals surface area contributed by atoms with E-state index in [-0.39, 0.29) is 11.8 Å². The number of carbonyl (C=O) groups is 2. The number of likely N-dealkylation sites (tertiary alicyclic amines) is 1. The minimum absolute atomic E-state index is 0.132. The van der Waals surface area contributed by atoms with Gasteiger partial charge in [0.05, 0.1) is 5.69 Å². The summed E-state index contributed by atoms with van der Waals surface area (Å²) in [7, 11) is 0. The van der Waals surface area contributed by atoms with Crippen LogP contribution in [-0.4, -0.2) is 54.2 Å². The van der Waals surface area contributed by atoms with E-state index in [0.717, 1.165) is 30.2 Å². The molecule has 6 heteroatoms. The van der Waals surface area contributed by atoms with Gasteiger partial charge in [-0.15, -0.1) is 0 Å². The molecule has 0 radical (unpaired) electrons. The number of carbonyl (C=O) groups excluding carboxylic acids is 2. The fourth-order valence-electron chi connectivity index (χ4n) is 3.36. The van der Waals surface area contributed by atoms with E-state index in [4.69, 9.17) is 0 Å². The van der Waals surface area contributed by atoms with Gasteiger partial charge in [0.15, 0.2) is 4.75 Å². The first kappa shape index (κ1) is 17.3. The minimum Gasteiger partial charge on any atom is -0.353 e. The third kappa shape index (κ3) is 3.17. The number of thioether (sulfide) groups is 1. The fourth-order valence-corrected chi connectivity index (χ4v) is 4.59. The molecule has 1 saturated heterocycles. The third-order valence-electron chi connectivity index (χ3n) is 4.79. The Kier molecular flexibility index (Phi) is 5.15. The molecule has 0 aliphatic carbocycles. The van der Waals surface area contributed by atoms with E-state index in [0.29, 0.717) is 13.1 Å². The Morgan fingerprint density at radius 3 is 2.71 bits per heavy atom. The number of fused-ring (bicyclic) bond motifs is 1. The predicted molar refractivity (Wildman–Crippen MR) is 97.4 cm³/mol. The lowest BCUT2D eigenvalue weighted by atomic mass is 10.1. The number of benzene rings is 1. The van der Waals surface area contributed by atoms with Gasteiger partial charge in [0, 0.05) is 24.5 Å². The Morgan fingerprint density at radius 2 is 2.00 bits per heavy atom. The van der Waals surface area contributed by atoms with Crippen LogP contribution in [-0.2, 0) is 9.59 Å². The molecule has 1 fully saturated rings. The van der Waals surface area contributed by atoms with Crippen LogP contribution in [0.15, 0.2) is 29.2 Å². The SMILES string of the molecule is CCN1C(=O)C(C)(C(=O)NCCN2CCCC2)Sc2ccccc21. The third-order valence-corrected chi connectivity index (χ3v) is 6.12. The summed E-state index contributed by atoms with van der Waals surface area (Å²) in [6, 6.07) is 7.79. The summed E-state index contributed by atoms with van der Waals surface area (Å²) in [6.07, 6.45) is 2.48. The lowest BCUT2D eigenvalue weighted by molar-refractivity contribution is -0.131. The monoisotopic (exact) mass is 347 g/mol. The van der Waals surface area contributed by atoms with Crippen LogP contribution < -0.4 is 10.2 Å². The number of amides is 2. The van der Waals surface area contributed by atoms with Gasteiger partial charge >= 0.3 is 0 Å². The molecule has 2 heterocycles. The van der Waals surface area contributed by atoms with Crippen molar-refractivity contribution in [1.82, 2.24) is 10.2 Å². The lowest BCUT2D eigenvalue weighted by Gasteiger charge is -2.38. The fraction of sp³-hybridized carbons (Fsp3) is 0.556. The highest BCUT2D eigenvalue weighted by Gasteiger charge is 2.48. The van der Waals surface area contributed by atoms with Crippen LogP contribution >= 0.6 is 11.8 Å². The number of hydrogen-bond donors (Lipinski definition) is 1. The van der Waals surface area contributed by atoms with E-state index in [2.05, 4.69) is 10.2 Å². The van der Waals surface area contributed by atoms with Crippen LogP contribution in [0.1, 0.15) is 26.7 Å². The van der Waals surface area contributed by atoms with Crippen LogP contribution in [0.2, 0.25) is 0 Å². The molecular formula is C18H25N3O2S. The molecule has 0 bridgehead atoms. The largest absolute Gasteiger partial charge is 0.353 e. The first-order valence-electron chi connectivity index (χ1n) is 8.67. The van der Waals surface area contributed by atoms with Crippen molar-refractivity contribution in [3.05, 3.63) is 24.3 Å². The molecule has 1 N–H and O–H groups in total. The van der Waals surface area contributed by atoms with E-state index in [9.17, 15) is 9.59 Å². The maximum Gasteiger partial charge on any atom is 0.252 e. The summed E-state index contributed by atoms with van der Waals surface area (Å²) >= 11 is 1.36. The van der Waals surface area contributed by atoms with Crippen LogP contribution in [0.5, 0.6) is 0 Å². The van der Waals surface area contributed by atoms with Gasteiger partial charge < -0.3 is 15.1 Å². The first-order valence-corrected chi connectivity index (χ1v) is 9.48. The molecule has 2 aliphatic heterocycles. The Labute approximate surface area is 147 Å². The topological polar surface area (TPSA) is 52.7 Å². The Balaban J connectivity index is 1.71. The normalized spacial score (nSPS) is 24.1. The summed E-state index contributed by atoms with van der Waals surface area (Å²) in [5.74, 6) is -0.322. The van der Waals surface area contributed by atoms with Crippen molar-refractivity contribution in [3.8, 4) is 0 Å².